The Morgan fingerprint density at radius 1 is 1.29 bits per heavy atom. The van der Waals surface area contributed by atoms with Crippen molar-refractivity contribution in [1.29, 1.82) is 0 Å². The second-order valence-electron chi connectivity index (χ2n) is 10.8. The smallest absolute Gasteiger partial charge is 0.323 e. The van der Waals surface area contributed by atoms with Gasteiger partial charge in [-0.05, 0) is 64.3 Å². The summed E-state index contributed by atoms with van der Waals surface area (Å²) >= 11 is 6.02. The Morgan fingerprint density at radius 3 is 2.71 bits per heavy atom. The monoisotopic (exact) mass is 608 g/mol. The number of hydrazine groups is 1. The highest BCUT2D eigenvalue weighted by atomic mass is 35.5. The molecule has 1 saturated carbocycles. The Labute approximate surface area is 246 Å². The number of rotatable bonds is 12. The summed E-state index contributed by atoms with van der Waals surface area (Å²) < 4.78 is 24.1. The van der Waals surface area contributed by atoms with E-state index in [1.807, 2.05) is 0 Å². The van der Waals surface area contributed by atoms with E-state index in [1.165, 1.54) is 0 Å². The molecule has 2 aliphatic heterocycles. The van der Waals surface area contributed by atoms with Gasteiger partial charge < -0.3 is 34.5 Å². The van der Waals surface area contributed by atoms with E-state index in [-0.39, 0.29) is 48.9 Å². The van der Waals surface area contributed by atoms with E-state index in [9.17, 15) is 4.79 Å². The molecule has 41 heavy (non-hydrogen) atoms. The number of fused-ring (bicyclic) bond motifs is 1. The maximum atomic E-state index is 12.4. The van der Waals surface area contributed by atoms with Gasteiger partial charge in [0.25, 0.3) is 0 Å². The van der Waals surface area contributed by atoms with Gasteiger partial charge >= 0.3 is 14.5 Å². The van der Waals surface area contributed by atoms with Gasteiger partial charge in [0.2, 0.25) is 5.95 Å². The normalized spacial score (nSPS) is 23.2. The van der Waals surface area contributed by atoms with Crippen LogP contribution in [0.15, 0.2) is 24.3 Å². The number of benzene rings is 1. The number of anilines is 4. The lowest BCUT2D eigenvalue weighted by Crippen LogP contribution is -2.39. The predicted octanol–water partition coefficient (Wildman–Crippen LogP) is 3.75. The molecule has 0 bridgehead atoms. The van der Waals surface area contributed by atoms with E-state index in [1.54, 1.807) is 50.0 Å². The summed E-state index contributed by atoms with van der Waals surface area (Å²) in [5, 5.41) is 8.78. The summed E-state index contributed by atoms with van der Waals surface area (Å²) in [6, 6.07) is 6.57. The minimum Gasteiger partial charge on any atom is -0.462 e. The molecule has 5 atom stereocenters. The van der Waals surface area contributed by atoms with E-state index >= 15 is 0 Å². The summed E-state index contributed by atoms with van der Waals surface area (Å²) in [5.74, 6) is 8.11. The zero-order valence-corrected chi connectivity index (χ0v) is 25.3. The van der Waals surface area contributed by atoms with Crippen molar-refractivity contribution in [2.75, 3.05) is 34.2 Å². The number of carbonyl (C=O) groups excluding carboxylic acids is 1. The van der Waals surface area contributed by atoms with Crippen molar-refractivity contribution >= 4 is 49.4 Å². The minimum atomic E-state index is -1.71. The molecular formula is C26H38ClN8O5P. The fraction of sp³-hybridized carbons (Fsp3) is 0.577. The summed E-state index contributed by atoms with van der Waals surface area (Å²) in [7, 11) is -1.71. The van der Waals surface area contributed by atoms with Crippen molar-refractivity contribution < 1.29 is 23.3 Å². The fourth-order valence-corrected chi connectivity index (χ4v) is 6.11. The number of hydrogen-bond donors (Lipinski definition) is 4. The van der Waals surface area contributed by atoms with E-state index in [4.69, 9.17) is 41.7 Å². The van der Waals surface area contributed by atoms with E-state index in [0.29, 0.717) is 29.1 Å². The van der Waals surface area contributed by atoms with Crippen LogP contribution >= 0.6 is 20.1 Å². The Kier molecular flexibility index (Phi) is 9.22. The molecular weight excluding hydrogens is 571 g/mol. The summed E-state index contributed by atoms with van der Waals surface area (Å²) in [4.78, 5) is 23.4. The summed E-state index contributed by atoms with van der Waals surface area (Å²) in [6.07, 6.45) is 2.10. The lowest BCUT2D eigenvalue weighted by molar-refractivity contribution is -0.149. The lowest BCUT2D eigenvalue weighted by Gasteiger charge is -2.28. The molecule has 5 rings (SSSR count). The topological polar surface area (TPSA) is 162 Å². The molecule has 1 aromatic carbocycles. The molecule has 6 N–H and O–H groups in total. The number of aromatic nitrogens is 2. The highest BCUT2D eigenvalue weighted by molar-refractivity contribution is 7.45. The van der Waals surface area contributed by atoms with Crippen LogP contribution in [0.2, 0.25) is 5.02 Å². The zero-order valence-electron chi connectivity index (χ0n) is 23.6. The van der Waals surface area contributed by atoms with Crippen molar-refractivity contribution in [2.45, 2.75) is 77.5 Å². The number of ether oxygens (including phenoxy) is 2. The van der Waals surface area contributed by atoms with Gasteiger partial charge in [0, 0.05) is 17.0 Å². The minimum absolute atomic E-state index is 0.162. The third-order valence-corrected chi connectivity index (χ3v) is 8.53. The van der Waals surface area contributed by atoms with Gasteiger partial charge in [-0.1, -0.05) is 18.5 Å². The first-order chi connectivity index (χ1) is 19.6. The van der Waals surface area contributed by atoms with Crippen molar-refractivity contribution in [3.8, 4) is 5.75 Å². The van der Waals surface area contributed by atoms with Gasteiger partial charge in [0.05, 0.1) is 25.5 Å². The van der Waals surface area contributed by atoms with Crippen LogP contribution in [0, 0.1) is 5.92 Å². The van der Waals surface area contributed by atoms with Crippen LogP contribution < -0.4 is 36.4 Å². The Balaban J connectivity index is 1.24. The molecule has 2 fully saturated rings. The summed E-state index contributed by atoms with van der Waals surface area (Å²) in [6.45, 7) is 8.19. The highest BCUT2D eigenvalue weighted by Gasteiger charge is 2.42. The standard InChI is InChI=1S/C26H38ClN8O5P/c1-14(2)38-25(36)16(4)33-41(40-19-9-5-17(27)6-10-19)37-12-20-11-15(3)24(39-20)34-13-30-21-22(34)31-26(28)32-23(21)35(29)18-7-8-18/h5-6,9-10,14-16,18,20,24,30,33H,7-8,11-13,29H2,1-4H3,(H2,28,31,32). The zero-order chi connectivity index (χ0) is 29.3. The molecule has 224 valence electrons. The quantitative estimate of drug-likeness (QED) is 0.119. The number of hydrogen-bond acceptors (Lipinski definition) is 13. The first-order valence-electron chi connectivity index (χ1n) is 13.8. The first-order valence-corrected chi connectivity index (χ1v) is 15.3. The molecule has 13 nitrogen and oxygen atoms in total. The molecule has 1 aliphatic carbocycles. The fourth-order valence-electron chi connectivity index (χ4n) is 4.76. The van der Waals surface area contributed by atoms with Crippen LogP contribution in [0.4, 0.5) is 23.3 Å². The van der Waals surface area contributed by atoms with Gasteiger partial charge in [-0.2, -0.15) is 9.97 Å². The number of esters is 1. The number of nitrogens with one attached hydrogen (secondary N) is 2. The van der Waals surface area contributed by atoms with Crippen LogP contribution in [0.3, 0.4) is 0 Å². The molecule has 2 aromatic rings. The number of nitrogens with two attached hydrogens (primary N) is 2. The van der Waals surface area contributed by atoms with Gasteiger partial charge in [0.15, 0.2) is 11.6 Å². The van der Waals surface area contributed by atoms with E-state index in [2.05, 4.69) is 32.2 Å². The molecule has 0 radical (unpaired) electrons. The van der Waals surface area contributed by atoms with Gasteiger partial charge in [-0.15, -0.1) is 0 Å². The van der Waals surface area contributed by atoms with Crippen LogP contribution in [-0.4, -0.2) is 59.7 Å². The van der Waals surface area contributed by atoms with Crippen LogP contribution in [0.5, 0.6) is 5.75 Å². The first kappa shape index (κ1) is 29.8. The Bertz CT molecular complexity index is 1220. The van der Waals surface area contributed by atoms with Gasteiger partial charge in [0.1, 0.15) is 23.7 Å². The predicted molar refractivity (Wildman–Crippen MR) is 158 cm³/mol. The number of nitrogens with zero attached hydrogens (tertiary/aromatic N) is 4. The third kappa shape index (κ3) is 7.22. The molecule has 3 heterocycles. The molecule has 3 aliphatic rings. The number of nitrogen functional groups attached to an aromatic ring is 1. The lowest BCUT2D eigenvalue weighted by atomic mass is 10.1. The Hall–Kier alpha value is -2.67. The molecule has 0 spiro atoms. The largest absolute Gasteiger partial charge is 0.462 e. The van der Waals surface area contributed by atoms with Gasteiger partial charge in [-0.25, -0.2) is 10.9 Å². The average molecular weight is 609 g/mol. The maximum absolute atomic E-state index is 12.4. The van der Waals surface area contributed by atoms with Crippen molar-refractivity contribution in [1.82, 2.24) is 15.1 Å². The third-order valence-electron chi connectivity index (χ3n) is 6.92. The van der Waals surface area contributed by atoms with Crippen molar-refractivity contribution in [2.24, 2.45) is 11.8 Å². The molecule has 0 amide bonds. The van der Waals surface area contributed by atoms with Crippen molar-refractivity contribution in [3.63, 3.8) is 0 Å². The Morgan fingerprint density at radius 2 is 2.02 bits per heavy atom. The summed E-state index contributed by atoms with van der Waals surface area (Å²) in [5.41, 5.74) is 6.83. The SMILES string of the molecule is CC(C)OC(=O)C(C)NP(OCC1CC(C)C(N2CNc3c(N(N)C4CC4)nc(N)nc32)O1)Oc1ccc(Cl)cc1. The second kappa shape index (κ2) is 12.7. The maximum Gasteiger partial charge on any atom is 0.323 e. The molecule has 1 aromatic heterocycles. The second-order valence-corrected chi connectivity index (χ2v) is 12.5. The average Bonchev–Trinajstić information content (AvgIpc) is 3.59. The molecule has 1 saturated heterocycles. The van der Waals surface area contributed by atoms with Crippen LogP contribution in [0.25, 0.3) is 0 Å². The van der Waals surface area contributed by atoms with Gasteiger partial charge in [-0.3, -0.25) is 9.80 Å². The number of carbonyl (C=O) groups is 1. The highest BCUT2D eigenvalue weighted by Crippen LogP contribution is 2.44. The van der Waals surface area contributed by atoms with Crippen LogP contribution in [0.1, 0.15) is 47.0 Å². The van der Waals surface area contributed by atoms with E-state index in [0.717, 1.165) is 24.9 Å². The van der Waals surface area contributed by atoms with Crippen molar-refractivity contribution in [3.05, 3.63) is 29.3 Å². The van der Waals surface area contributed by atoms with E-state index < -0.39 is 14.6 Å². The number of halogens is 1. The molecule has 5 unspecified atom stereocenters. The molecule has 15 heteroatoms. The van der Waals surface area contributed by atoms with Crippen LogP contribution in [-0.2, 0) is 18.8 Å².